The third kappa shape index (κ3) is 1.63. The molecule has 0 bridgehead atoms. The van der Waals surface area contributed by atoms with Crippen LogP contribution in [0.15, 0.2) is 6.20 Å². The molecule has 1 heterocycles. The summed E-state index contributed by atoms with van der Waals surface area (Å²) in [5.74, 6) is 1.67. The maximum atomic E-state index is 5.98. The minimum absolute atomic E-state index is 0.535. The minimum atomic E-state index is 0.535. The van der Waals surface area contributed by atoms with Gasteiger partial charge in [0.25, 0.3) is 0 Å². The van der Waals surface area contributed by atoms with Gasteiger partial charge in [-0.05, 0) is 25.7 Å². The van der Waals surface area contributed by atoms with Gasteiger partial charge in [0.15, 0.2) is 0 Å². The van der Waals surface area contributed by atoms with Crippen LogP contribution in [-0.2, 0) is 0 Å². The standard InChI is InChI=1S/C11H19N3/c1-8-4-3-5-10(6-8)14-11(12)9(2)7-13-14/h7-8,10H,3-6,12H2,1-2H3. The summed E-state index contributed by atoms with van der Waals surface area (Å²) in [7, 11) is 0. The van der Waals surface area contributed by atoms with Crippen molar-refractivity contribution in [2.45, 2.75) is 45.6 Å². The molecular formula is C11H19N3. The largest absolute Gasteiger partial charge is 0.384 e. The fourth-order valence-corrected chi connectivity index (χ4v) is 2.37. The smallest absolute Gasteiger partial charge is 0.124 e. The van der Waals surface area contributed by atoms with Crippen LogP contribution in [0.25, 0.3) is 0 Å². The Labute approximate surface area is 85.3 Å². The quantitative estimate of drug-likeness (QED) is 0.744. The molecule has 0 amide bonds. The maximum Gasteiger partial charge on any atom is 0.124 e. The Bertz CT molecular complexity index is 316. The third-order valence-electron chi connectivity index (χ3n) is 3.28. The topological polar surface area (TPSA) is 43.8 Å². The van der Waals surface area contributed by atoms with Crippen molar-refractivity contribution in [3.05, 3.63) is 11.8 Å². The Hall–Kier alpha value is -0.990. The van der Waals surface area contributed by atoms with Gasteiger partial charge in [-0.2, -0.15) is 5.10 Å². The molecule has 1 fully saturated rings. The van der Waals surface area contributed by atoms with Crippen LogP contribution in [-0.4, -0.2) is 9.78 Å². The first-order chi connectivity index (χ1) is 6.68. The van der Waals surface area contributed by atoms with Crippen LogP contribution in [0, 0.1) is 12.8 Å². The summed E-state index contributed by atoms with van der Waals surface area (Å²) in [4.78, 5) is 0. The Morgan fingerprint density at radius 3 is 2.86 bits per heavy atom. The molecule has 2 N–H and O–H groups in total. The number of aromatic nitrogens is 2. The molecule has 1 aliphatic rings. The monoisotopic (exact) mass is 193 g/mol. The van der Waals surface area contributed by atoms with Gasteiger partial charge in [0.05, 0.1) is 12.2 Å². The second-order valence-electron chi connectivity index (χ2n) is 4.58. The van der Waals surface area contributed by atoms with Gasteiger partial charge in [0, 0.05) is 5.56 Å². The zero-order chi connectivity index (χ0) is 10.1. The molecule has 1 saturated carbocycles. The molecule has 0 aromatic carbocycles. The highest BCUT2D eigenvalue weighted by molar-refractivity contribution is 5.37. The molecule has 3 heteroatoms. The molecule has 1 aromatic heterocycles. The zero-order valence-electron chi connectivity index (χ0n) is 9.03. The molecule has 0 saturated heterocycles. The average Bonchev–Trinajstić information content (AvgIpc) is 2.48. The van der Waals surface area contributed by atoms with E-state index in [9.17, 15) is 0 Å². The van der Waals surface area contributed by atoms with Crippen molar-refractivity contribution in [2.24, 2.45) is 5.92 Å². The molecule has 1 aromatic rings. The maximum absolute atomic E-state index is 5.98. The van der Waals surface area contributed by atoms with Gasteiger partial charge in [0.1, 0.15) is 5.82 Å². The minimum Gasteiger partial charge on any atom is -0.384 e. The van der Waals surface area contributed by atoms with Gasteiger partial charge in [-0.1, -0.05) is 19.8 Å². The van der Waals surface area contributed by atoms with Crippen LogP contribution in [0.4, 0.5) is 5.82 Å². The van der Waals surface area contributed by atoms with E-state index < -0.39 is 0 Å². The predicted octanol–water partition coefficient (Wildman–Crippen LogP) is 2.52. The van der Waals surface area contributed by atoms with Gasteiger partial charge < -0.3 is 5.73 Å². The Balaban J connectivity index is 2.18. The first-order valence-corrected chi connectivity index (χ1v) is 5.48. The highest BCUT2D eigenvalue weighted by Crippen LogP contribution is 2.33. The molecule has 0 spiro atoms. The van der Waals surface area contributed by atoms with Gasteiger partial charge in [-0.25, -0.2) is 4.68 Å². The first-order valence-electron chi connectivity index (χ1n) is 5.48. The van der Waals surface area contributed by atoms with Crippen LogP contribution in [0.5, 0.6) is 0 Å². The number of nitrogen functional groups attached to an aromatic ring is 1. The number of anilines is 1. The SMILES string of the molecule is Cc1cnn(C2CCCC(C)C2)c1N. The average molecular weight is 193 g/mol. The van der Waals surface area contributed by atoms with E-state index in [0.717, 1.165) is 17.3 Å². The van der Waals surface area contributed by atoms with Gasteiger partial charge in [-0.15, -0.1) is 0 Å². The number of nitrogens with two attached hydrogens (primary N) is 1. The van der Waals surface area contributed by atoms with E-state index in [4.69, 9.17) is 5.73 Å². The van der Waals surface area contributed by atoms with E-state index in [1.54, 1.807) is 0 Å². The van der Waals surface area contributed by atoms with E-state index >= 15 is 0 Å². The number of hydrogen-bond donors (Lipinski definition) is 1. The van der Waals surface area contributed by atoms with Crippen molar-refractivity contribution < 1.29 is 0 Å². The summed E-state index contributed by atoms with van der Waals surface area (Å²) >= 11 is 0. The highest BCUT2D eigenvalue weighted by Gasteiger charge is 2.22. The lowest BCUT2D eigenvalue weighted by atomic mass is 9.87. The fraction of sp³-hybridized carbons (Fsp3) is 0.727. The molecule has 2 atom stereocenters. The lowest BCUT2D eigenvalue weighted by molar-refractivity contribution is 0.269. The molecule has 0 aliphatic heterocycles. The van der Waals surface area contributed by atoms with E-state index in [1.807, 2.05) is 17.8 Å². The van der Waals surface area contributed by atoms with Gasteiger partial charge in [-0.3, -0.25) is 0 Å². The second kappa shape index (κ2) is 3.64. The number of nitrogens with zero attached hydrogens (tertiary/aromatic N) is 2. The molecule has 3 nitrogen and oxygen atoms in total. The van der Waals surface area contributed by atoms with Gasteiger partial charge in [0.2, 0.25) is 0 Å². The van der Waals surface area contributed by atoms with E-state index in [-0.39, 0.29) is 0 Å². The molecular weight excluding hydrogens is 174 g/mol. The van der Waals surface area contributed by atoms with Crippen molar-refractivity contribution in [2.75, 3.05) is 5.73 Å². The van der Waals surface area contributed by atoms with Crippen LogP contribution in [0.3, 0.4) is 0 Å². The molecule has 2 unspecified atom stereocenters. The summed E-state index contributed by atoms with van der Waals surface area (Å²) < 4.78 is 2.02. The molecule has 0 radical (unpaired) electrons. The molecule has 14 heavy (non-hydrogen) atoms. The predicted molar refractivity (Wildman–Crippen MR) is 58.0 cm³/mol. The fourth-order valence-electron chi connectivity index (χ4n) is 2.37. The Morgan fingerprint density at radius 1 is 1.50 bits per heavy atom. The van der Waals surface area contributed by atoms with E-state index in [2.05, 4.69) is 12.0 Å². The van der Waals surface area contributed by atoms with Gasteiger partial charge >= 0.3 is 0 Å². The normalized spacial score (nSPS) is 27.9. The summed E-state index contributed by atoms with van der Waals surface area (Å²) in [6.45, 7) is 4.34. The Morgan fingerprint density at radius 2 is 2.29 bits per heavy atom. The summed E-state index contributed by atoms with van der Waals surface area (Å²) in [5.41, 5.74) is 7.08. The Kier molecular flexibility index (Phi) is 2.48. The van der Waals surface area contributed by atoms with Crippen LogP contribution in [0.2, 0.25) is 0 Å². The zero-order valence-corrected chi connectivity index (χ0v) is 9.03. The molecule has 1 aliphatic carbocycles. The second-order valence-corrected chi connectivity index (χ2v) is 4.58. The molecule has 2 rings (SSSR count). The molecule has 78 valence electrons. The lowest BCUT2D eigenvalue weighted by Crippen LogP contribution is -2.20. The number of aryl methyl sites for hydroxylation is 1. The van der Waals surface area contributed by atoms with Crippen molar-refractivity contribution in [1.82, 2.24) is 9.78 Å². The van der Waals surface area contributed by atoms with Crippen LogP contribution < -0.4 is 5.73 Å². The van der Waals surface area contributed by atoms with Crippen LogP contribution >= 0.6 is 0 Å². The first kappa shape index (κ1) is 9.56. The number of rotatable bonds is 1. The van der Waals surface area contributed by atoms with E-state index in [0.29, 0.717) is 6.04 Å². The van der Waals surface area contributed by atoms with Crippen molar-refractivity contribution in [3.63, 3.8) is 0 Å². The summed E-state index contributed by atoms with van der Waals surface area (Å²) in [6, 6.07) is 0.535. The van der Waals surface area contributed by atoms with E-state index in [1.165, 1.54) is 25.7 Å². The van der Waals surface area contributed by atoms with Crippen molar-refractivity contribution >= 4 is 5.82 Å². The van der Waals surface area contributed by atoms with Crippen molar-refractivity contribution in [3.8, 4) is 0 Å². The summed E-state index contributed by atoms with van der Waals surface area (Å²) in [5, 5.41) is 4.37. The van der Waals surface area contributed by atoms with Crippen molar-refractivity contribution in [1.29, 1.82) is 0 Å². The third-order valence-corrected chi connectivity index (χ3v) is 3.28. The lowest BCUT2D eigenvalue weighted by Gasteiger charge is -2.27. The number of hydrogen-bond acceptors (Lipinski definition) is 2. The summed E-state index contributed by atoms with van der Waals surface area (Å²) in [6.07, 6.45) is 7.00. The van der Waals surface area contributed by atoms with Crippen LogP contribution in [0.1, 0.15) is 44.2 Å². The highest BCUT2D eigenvalue weighted by atomic mass is 15.3.